The fourth-order valence-corrected chi connectivity index (χ4v) is 2.28. The van der Waals surface area contributed by atoms with E-state index in [0.29, 0.717) is 0 Å². The van der Waals surface area contributed by atoms with Crippen LogP contribution in [0.3, 0.4) is 0 Å². The van der Waals surface area contributed by atoms with Gasteiger partial charge >= 0.3 is 11.7 Å². The van der Waals surface area contributed by atoms with Crippen molar-refractivity contribution in [2.45, 2.75) is 19.5 Å². The van der Waals surface area contributed by atoms with E-state index < -0.39 is 36.3 Å². The minimum atomic E-state index is -0.763. The van der Waals surface area contributed by atoms with Crippen LogP contribution < -0.4 is 16.6 Å². The molecule has 0 radical (unpaired) electrons. The zero-order valence-electron chi connectivity index (χ0n) is 13.3. The van der Waals surface area contributed by atoms with Crippen molar-refractivity contribution in [1.29, 1.82) is 0 Å². The van der Waals surface area contributed by atoms with Crippen molar-refractivity contribution < 1.29 is 14.3 Å². The number of ether oxygens (including phenoxy) is 1. The maximum atomic E-state index is 11.8. The monoisotopic (exact) mass is 409 g/mol. The molecule has 0 saturated heterocycles. The van der Waals surface area contributed by atoms with Crippen molar-refractivity contribution in [1.82, 2.24) is 14.9 Å². The van der Waals surface area contributed by atoms with Gasteiger partial charge in [-0.3, -0.25) is 23.9 Å². The Hall–Kier alpha value is -2.68. The van der Waals surface area contributed by atoms with Gasteiger partial charge in [0.25, 0.3) is 11.5 Å². The van der Waals surface area contributed by atoms with Gasteiger partial charge in [0, 0.05) is 16.7 Å². The van der Waals surface area contributed by atoms with Crippen molar-refractivity contribution in [3.8, 4) is 0 Å². The number of aromatic nitrogens is 2. The van der Waals surface area contributed by atoms with Gasteiger partial charge in [-0.05, 0) is 24.6 Å². The Kier molecular flexibility index (Phi) is 6.29. The van der Waals surface area contributed by atoms with Crippen LogP contribution in [0.2, 0.25) is 0 Å². The molecule has 0 aliphatic rings. The third-order valence-electron chi connectivity index (χ3n) is 3.31. The van der Waals surface area contributed by atoms with Crippen LogP contribution in [-0.2, 0) is 20.9 Å². The predicted octanol–water partition coefficient (Wildman–Crippen LogP) is 0.720. The highest BCUT2D eigenvalue weighted by Crippen LogP contribution is 2.16. The van der Waals surface area contributed by atoms with Crippen LogP contribution in [0.4, 0.5) is 0 Å². The molecule has 2 rings (SSSR count). The number of benzene rings is 1. The summed E-state index contributed by atoms with van der Waals surface area (Å²) in [5, 5.41) is 2.71. The maximum absolute atomic E-state index is 11.8. The molecule has 132 valence electrons. The first-order chi connectivity index (χ1) is 11.8. The zero-order chi connectivity index (χ0) is 18.4. The molecule has 0 aliphatic heterocycles. The van der Waals surface area contributed by atoms with E-state index in [4.69, 9.17) is 4.74 Å². The predicted molar refractivity (Wildman–Crippen MR) is 93.0 cm³/mol. The lowest BCUT2D eigenvalue weighted by Gasteiger charge is -2.14. The highest BCUT2D eigenvalue weighted by molar-refractivity contribution is 9.10. The molecule has 1 aromatic heterocycles. The Balaban J connectivity index is 1.82. The number of aromatic amines is 1. The topological polar surface area (TPSA) is 110 Å². The Morgan fingerprint density at radius 3 is 2.56 bits per heavy atom. The number of carbonyl (C=O) groups is 2. The molecule has 0 spiro atoms. The van der Waals surface area contributed by atoms with Crippen molar-refractivity contribution >= 4 is 27.8 Å². The molecule has 0 fully saturated rings. The maximum Gasteiger partial charge on any atom is 0.328 e. The van der Waals surface area contributed by atoms with Crippen molar-refractivity contribution in [2.75, 3.05) is 6.61 Å². The normalized spacial score (nSPS) is 11.6. The smallest absolute Gasteiger partial charge is 0.328 e. The number of halogens is 1. The third-order valence-corrected chi connectivity index (χ3v) is 3.84. The Bertz CT molecular complexity index is 872. The third kappa shape index (κ3) is 5.71. The van der Waals surface area contributed by atoms with Crippen molar-refractivity contribution in [3.05, 3.63) is 67.4 Å². The van der Waals surface area contributed by atoms with E-state index in [-0.39, 0.29) is 6.04 Å². The summed E-state index contributed by atoms with van der Waals surface area (Å²) in [6, 6.07) is 8.31. The summed E-state index contributed by atoms with van der Waals surface area (Å²) in [6.07, 6.45) is 1.18. The summed E-state index contributed by atoms with van der Waals surface area (Å²) in [4.78, 5) is 48.0. The van der Waals surface area contributed by atoms with Gasteiger partial charge in [-0.1, -0.05) is 28.1 Å². The summed E-state index contributed by atoms with van der Waals surface area (Å²) in [6.45, 7) is 0.950. The lowest BCUT2D eigenvalue weighted by Crippen LogP contribution is -2.34. The molecule has 9 heteroatoms. The van der Waals surface area contributed by atoms with E-state index in [0.717, 1.165) is 20.7 Å². The second kappa shape index (κ2) is 8.43. The number of amides is 1. The van der Waals surface area contributed by atoms with Crippen LogP contribution in [-0.4, -0.2) is 28.0 Å². The molecular formula is C16H16BrN3O5. The highest BCUT2D eigenvalue weighted by atomic mass is 79.9. The number of rotatable bonds is 6. The largest absolute Gasteiger partial charge is 0.454 e. The van der Waals surface area contributed by atoms with Crippen LogP contribution in [0, 0.1) is 0 Å². The number of carbonyl (C=O) groups excluding carboxylic acids is 2. The van der Waals surface area contributed by atoms with E-state index in [1.54, 1.807) is 0 Å². The molecule has 1 heterocycles. The standard InChI is InChI=1S/C16H16BrN3O5/c1-10(11-2-4-12(17)5-3-11)18-14(22)9-25-15(23)8-20-7-6-13(21)19-16(20)24/h2-7,10H,8-9H2,1H3,(H,18,22)(H,19,21,24)/t10-/m0/s1. The Labute approximate surface area is 151 Å². The molecule has 2 aromatic rings. The summed E-state index contributed by atoms with van der Waals surface area (Å²) >= 11 is 3.33. The Morgan fingerprint density at radius 1 is 1.24 bits per heavy atom. The lowest BCUT2D eigenvalue weighted by molar-refractivity contribution is -0.149. The van der Waals surface area contributed by atoms with Gasteiger partial charge in [-0.2, -0.15) is 0 Å². The summed E-state index contributed by atoms with van der Waals surface area (Å²) in [5.41, 5.74) is -0.378. The van der Waals surface area contributed by atoms with E-state index >= 15 is 0 Å². The molecule has 1 aromatic carbocycles. The average Bonchev–Trinajstić information content (AvgIpc) is 2.56. The number of hydrogen-bond donors (Lipinski definition) is 2. The minimum absolute atomic E-state index is 0.249. The number of nitrogens with one attached hydrogen (secondary N) is 2. The fourth-order valence-electron chi connectivity index (χ4n) is 2.02. The lowest BCUT2D eigenvalue weighted by atomic mass is 10.1. The Morgan fingerprint density at radius 2 is 1.92 bits per heavy atom. The molecule has 0 bridgehead atoms. The summed E-state index contributed by atoms with van der Waals surface area (Å²) < 4.78 is 6.75. The van der Waals surface area contributed by atoms with Gasteiger partial charge in [-0.15, -0.1) is 0 Å². The molecule has 25 heavy (non-hydrogen) atoms. The highest BCUT2D eigenvalue weighted by Gasteiger charge is 2.12. The second-order valence-corrected chi connectivity index (χ2v) is 6.16. The summed E-state index contributed by atoms with van der Waals surface area (Å²) in [7, 11) is 0. The zero-order valence-corrected chi connectivity index (χ0v) is 14.9. The van der Waals surface area contributed by atoms with E-state index in [1.165, 1.54) is 6.20 Å². The number of esters is 1. The molecule has 1 atom stereocenters. The molecule has 2 N–H and O–H groups in total. The van der Waals surface area contributed by atoms with Gasteiger partial charge in [0.15, 0.2) is 6.61 Å². The van der Waals surface area contributed by atoms with Crippen LogP contribution >= 0.6 is 15.9 Å². The van der Waals surface area contributed by atoms with E-state index in [2.05, 4.69) is 21.2 Å². The number of hydrogen-bond acceptors (Lipinski definition) is 5. The van der Waals surface area contributed by atoms with Crippen LogP contribution in [0.15, 0.2) is 50.6 Å². The molecular weight excluding hydrogens is 394 g/mol. The summed E-state index contributed by atoms with van der Waals surface area (Å²) in [5.74, 6) is -1.22. The molecule has 1 amide bonds. The van der Waals surface area contributed by atoms with Crippen molar-refractivity contribution in [3.63, 3.8) is 0 Å². The molecule has 8 nitrogen and oxygen atoms in total. The molecule has 0 saturated carbocycles. The second-order valence-electron chi connectivity index (χ2n) is 5.24. The average molecular weight is 410 g/mol. The van der Waals surface area contributed by atoms with E-state index in [1.807, 2.05) is 36.2 Å². The van der Waals surface area contributed by atoms with E-state index in [9.17, 15) is 19.2 Å². The van der Waals surface area contributed by atoms with Gasteiger partial charge in [0.2, 0.25) is 0 Å². The molecule has 0 unspecified atom stereocenters. The van der Waals surface area contributed by atoms with Gasteiger partial charge < -0.3 is 10.1 Å². The minimum Gasteiger partial charge on any atom is -0.454 e. The van der Waals surface area contributed by atoms with Gasteiger partial charge in [0.05, 0.1) is 6.04 Å². The number of nitrogens with zero attached hydrogens (tertiary/aromatic N) is 1. The van der Waals surface area contributed by atoms with Crippen LogP contribution in [0.1, 0.15) is 18.5 Å². The van der Waals surface area contributed by atoms with Gasteiger partial charge in [0.1, 0.15) is 6.54 Å². The first-order valence-corrected chi connectivity index (χ1v) is 8.14. The van der Waals surface area contributed by atoms with Crippen LogP contribution in [0.5, 0.6) is 0 Å². The molecule has 0 aliphatic carbocycles. The van der Waals surface area contributed by atoms with Gasteiger partial charge in [-0.25, -0.2) is 4.79 Å². The van der Waals surface area contributed by atoms with Crippen LogP contribution in [0.25, 0.3) is 0 Å². The SMILES string of the molecule is C[C@H](NC(=O)COC(=O)Cn1ccc(=O)[nH]c1=O)c1ccc(Br)cc1. The fraction of sp³-hybridized carbons (Fsp3) is 0.250. The number of H-pyrrole nitrogens is 1. The van der Waals surface area contributed by atoms with Crippen molar-refractivity contribution in [2.24, 2.45) is 0 Å². The quantitative estimate of drug-likeness (QED) is 0.682. The first-order valence-electron chi connectivity index (χ1n) is 7.35. The first kappa shape index (κ1) is 18.7.